The van der Waals surface area contributed by atoms with Crippen molar-refractivity contribution in [2.75, 3.05) is 5.75 Å². The van der Waals surface area contributed by atoms with E-state index in [2.05, 4.69) is 16.0 Å². The fourth-order valence-electron chi connectivity index (χ4n) is 3.45. The van der Waals surface area contributed by atoms with Gasteiger partial charge in [-0.25, -0.2) is 4.79 Å². The van der Waals surface area contributed by atoms with Gasteiger partial charge in [-0.1, -0.05) is 30.2 Å². The Balaban J connectivity index is 1.35. The van der Waals surface area contributed by atoms with Crippen LogP contribution in [0.3, 0.4) is 0 Å². The van der Waals surface area contributed by atoms with Gasteiger partial charge in [0.1, 0.15) is 0 Å². The van der Waals surface area contributed by atoms with E-state index in [1.54, 1.807) is 0 Å². The number of carbonyl (C=O) groups excluding carboxylic acids is 2. The van der Waals surface area contributed by atoms with Crippen LogP contribution < -0.4 is 16.0 Å². The molecule has 0 saturated carbocycles. The van der Waals surface area contributed by atoms with Gasteiger partial charge in [0, 0.05) is 22.4 Å². The van der Waals surface area contributed by atoms with E-state index in [4.69, 9.17) is 11.6 Å². The molecule has 3 N–H and O–H groups in total. The van der Waals surface area contributed by atoms with Gasteiger partial charge in [-0.2, -0.15) is 11.8 Å². The van der Waals surface area contributed by atoms with E-state index in [9.17, 15) is 9.59 Å². The van der Waals surface area contributed by atoms with Crippen molar-refractivity contribution in [2.24, 2.45) is 0 Å². The van der Waals surface area contributed by atoms with Crippen molar-refractivity contribution in [3.05, 3.63) is 34.9 Å². The zero-order valence-corrected chi connectivity index (χ0v) is 15.8. The maximum atomic E-state index is 12.1. The number of unbranched alkanes of at least 4 members (excludes halogenated alkanes) is 1. The first-order valence-electron chi connectivity index (χ1n) is 8.76. The number of fused-ring (bicyclic) bond motifs is 1. The third-order valence-electron chi connectivity index (χ3n) is 4.81. The van der Waals surface area contributed by atoms with Gasteiger partial charge in [0.25, 0.3) is 0 Å². The van der Waals surface area contributed by atoms with Gasteiger partial charge < -0.3 is 16.0 Å². The largest absolute Gasteiger partial charge is 0.350 e. The minimum atomic E-state index is -0.0466. The summed E-state index contributed by atoms with van der Waals surface area (Å²) in [4.78, 5) is 23.5. The minimum absolute atomic E-state index is 0.0443. The molecule has 1 aromatic rings. The molecule has 0 unspecified atom stereocenters. The Morgan fingerprint density at radius 1 is 1.40 bits per heavy atom. The number of amides is 3. The Labute approximate surface area is 157 Å². The molecule has 2 fully saturated rings. The van der Waals surface area contributed by atoms with Crippen LogP contribution in [-0.4, -0.2) is 35.0 Å². The lowest BCUT2D eigenvalue weighted by atomic mass is 10.0. The molecule has 2 aliphatic rings. The first-order chi connectivity index (χ1) is 12.0. The van der Waals surface area contributed by atoms with Gasteiger partial charge in [0.2, 0.25) is 5.91 Å². The Hall–Kier alpha value is -1.40. The van der Waals surface area contributed by atoms with Crippen LogP contribution in [0.15, 0.2) is 24.3 Å². The lowest BCUT2D eigenvalue weighted by molar-refractivity contribution is -0.121. The number of thioether (sulfide) groups is 1. The molecule has 0 aromatic heterocycles. The van der Waals surface area contributed by atoms with Crippen molar-refractivity contribution in [3.63, 3.8) is 0 Å². The second-order valence-electron chi connectivity index (χ2n) is 6.71. The van der Waals surface area contributed by atoms with E-state index in [0.717, 1.165) is 30.6 Å². The van der Waals surface area contributed by atoms with Crippen LogP contribution in [0.25, 0.3) is 0 Å². The highest BCUT2D eigenvalue weighted by molar-refractivity contribution is 8.00. The molecule has 136 valence electrons. The number of carbonyl (C=O) groups is 2. The molecule has 25 heavy (non-hydrogen) atoms. The van der Waals surface area contributed by atoms with E-state index in [-0.39, 0.29) is 30.1 Å². The van der Waals surface area contributed by atoms with Gasteiger partial charge in [-0.3, -0.25) is 4.79 Å². The quantitative estimate of drug-likeness (QED) is 0.501. The summed E-state index contributed by atoms with van der Waals surface area (Å²) in [5, 5.41) is 10.1. The predicted octanol–water partition coefficient (Wildman–Crippen LogP) is 3.24. The Bertz CT molecular complexity index is 643. The van der Waals surface area contributed by atoms with Gasteiger partial charge in [0.15, 0.2) is 0 Å². The molecule has 0 radical (unpaired) electrons. The zero-order chi connectivity index (χ0) is 17.8. The van der Waals surface area contributed by atoms with E-state index in [0.29, 0.717) is 16.7 Å². The average Bonchev–Trinajstić information content (AvgIpc) is 3.11. The summed E-state index contributed by atoms with van der Waals surface area (Å²) in [6.45, 7) is 1.97. The Morgan fingerprint density at radius 3 is 3.04 bits per heavy atom. The van der Waals surface area contributed by atoms with Crippen molar-refractivity contribution in [2.45, 2.75) is 56.0 Å². The molecule has 4 atom stereocenters. The van der Waals surface area contributed by atoms with Crippen molar-refractivity contribution in [1.82, 2.24) is 16.0 Å². The highest BCUT2D eigenvalue weighted by atomic mass is 35.5. The molecule has 3 amide bonds. The van der Waals surface area contributed by atoms with Gasteiger partial charge in [-0.05, 0) is 37.5 Å². The summed E-state index contributed by atoms with van der Waals surface area (Å²) < 4.78 is 0. The molecule has 7 heteroatoms. The van der Waals surface area contributed by atoms with E-state index >= 15 is 0 Å². The normalized spacial score (nSPS) is 25.8. The highest BCUT2D eigenvalue weighted by Crippen LogP contribution is 2.33. The second-order valence-corrected chi connectivity index (χ2v) is 8.42. The second kappa shape index (κ2) is 8.32. The van der Waals surface area contributed by atoms with Crippen LogP contribution in [0.2, 0.25) is 5.02 Å². The van der Waals surface area contributed by atoms with E-state index < -0.39 is 0 Å². The van der Waals surface area contributed by atoms with Crippen LogP contribution in [0, 0.1) is 0 Å². The molecule has 0 spiro atoms. The first kappa shape index (κ1) is 18.4. The van der Waals surface area contributed by atoms with Crippen LogP contribution in [-0.2, 0) is 4.79 Å². The summed E-state index contributed by atoms with van der Waals surface area (Å²) in [6, 6.07) is 7.99. The number of nitrogens with one attached hydrogen (secondary N) is 3. The molecule has 2 heterocycles. The summed E-state index contributed by atoms with van der Waals surface area (Å²) in [6.07, 6.45) is 3.42. The third kappa shape index (κ3) is 4.82. The van der Waals surface area contributed by atoms with Crippen LogP contribution in [0.4, 0.5) is 4.79 Å². The fourth-order valence-corrected chi connectivity index (χ4v) is 5.19. The lowest BCUT2D eigenvalue weighted by Gasteiger charge is -2.17. The summed E-state index contributed by atoms with van der Waals surface area (Å²) >= 11 is 7.91. The number of hydrogen-bond acceptors (Lipinski definition) is 3. The summed E-state index contributed by atoms with van der Waals surface area (Å²) in [7, 11) is 0. The number of rotatable bonds is 7. The Kier molecular flexibility index (Phi) is 6.12. The predicted molar refractivity (Wildman–Crippen MR) is 102 cm³/mol. The van der Waals surface area contributed by atoms with Gasteiger partial charge in [0.05, 0.1) is 18.1 Å². The standard InChI is InChI=1S/C18H24ClN3O2S/c1-11(12-5-4-6-13(19)9-12)20-16(23)8-3-2-7-15-17-14(10-25-15)21-18(24)22-17/h4-6,9,11,14-15,17H,2-3,7-8,10H2,1H3,(H,20,23)(H2,21,22,24)/t11-,14+,15+,17+/m1/s1. The van der Waals surface area contributed by atoms with E-state index in [1.165, 1.54) is 0 Å². The molecule has 0 bridgehead atoms. The number of benzene rings is 1. The van der Waals surface area contributed by atoms with Crippen molar-refractivity contribution < 1.29 is 9.59 Å². The topological polar surface area (TPSA) is 70.2 Å². The highest BCUT2D eigenvalue weighted by Gasteiger charge is 2.42. The molecule has 0 aliphatic carbocycles. The van der Waals surface area contributed by atoms with Gasteiger partial charge >= 0.3 is 6.03 Å². The first-order valence-corrected chi connectivity index (χ1v) is 10.2. The summed E-state index contributed by atoms with van der Waals surface area (Å²) in [5.74, 6) is 1.05. The minimum Gasteiger partial charge on any atom is -0.350 e. The smallest absolute Gasteiger partial charge is 0.315 e. The molecule has 2 aliphatic heterocycles. The number of hydrogen-bond donors (Lipinski definition) is 3. The molecular formula is C18H24ClN3O2S. The van der Waals surface area contributed by atoms with Crippen molar-refractivity contribution >= 4 is 35.3 Å². The molecule has 2 saturated heterocycles. The van der Waals surface area contributed by atoms with Gasteiger partial charge in [-0.15, -0.1) is 0 Å². The molecular weight excluding hydrogens is 358 g/mol. The number of urea groups is 1. The monoisotopic (exact) mass is 381 g/mol. The van der Waals surface area contributed by atoms with Crippen molar-refractivity contribution in [1.29, 1.82) is 0 Å². The lowest BCUT2D eigenvalue weighted by Crippen LogP contribution is -2.36. The molecule has 3 rings (SSSR count). The fraction of sp³-hybridized carbons (Fsp3) is 0.556. The zero-order valence-electron chi connectivity index (χ0n) is 14.3. The average molecular weight is 382 g/mol. The molecule has 1 aromatic carbocycles. The van der Waals surface area contributed by atoms with Crippen LogP contribution in [0.1, 0.15) is 44.2 Å². The number of halogens is 1. The third-order valence-corrected chi connectivity index (χ3v) is 6.55. The summed E-state index contributed by atoms with van der Waals surface area (Å²) in [5.41, 5.74) is 1.01. The SMILES string of the molecule is C[C@@H](NC(=O)CCCC[C@@H]1SC[C@@H]2NC(=O)N[C@@H]21)c1cccc(Cl)c1. The van der Waals surface area contributed by atoms with E-state index in [1.807, 2.05) is 43.0 Å². The Morgan fingerprint density at radius 2 is 2.24 bits per heavy atom. The van der Waals surface area contributed by atoms with Crippen LogP contribution in [0.5, 0.6) is 0 Å². The maximum absolute atomic E-state index is 12.1. The van der Waals surface area contributed by atoms with Crippen molar-refractivity contribution in [3.8, 4) is 0 Å². The maximum Gasteiger partial charge on any atom is 0.315 e. The molecule has 5 nitrogen and oxygen atoms in total. The van der Waals surface area contributed by atoms with Crippen LogP contribution >= 0.6 is 23.4 Å².